The molecule has 0 bridgehead atoms. The van der Waals surface area contributed by atoms with Crippen molar-refractivity contribution >= 4 is 33.7 Å². The molecule has 4 N–H and O–H groups in total. The van der Waals surface area contributed by atoms with Crippen LogP contribution in [0.5, 0.6) is 11.5 Å². The van der Waals surface area contributed by atoms with Crippen LogP contribution in [-0.2, 0) is 22.4 Å². The second kappa shape index (κ2) is 8.93. The first-order valence-corrected chi connectivity index (χ1v) is 10.7. The number of amides is 1. The molecule has 1 amide bonds. The van der Waals surface area contributed by atoms with Crippen molar-refractivity contribution in [1.82, 2.24) is 10.3 Å². The van der Waals surface area contributed by atoms with Gasteiger partial charge < -0.3 is 34.8 Å². The number of phenolic OH excluding ortho intramolecular Hbond substituents is 2. The van der Waals surface area contributed by atoms with Gasteiger partial charge in [0.15, 0.2) is 0 Å². The number of hydrogen-bond donors (Lipinski definition) is 4. The van der Waals surface area contributed by atoms with E-state index in [9.17, 15) is 29.7 Å². The van der Waals surface area contributed by atoms with Crippen LogP contribution in [0.25, 0.3) is 21.9 Å². The third-order valence-electron chi connectivity index (χ3n) is 6.07. The maximum Gasteiger partial charge on any atom is 0.339 e. The number of nitrogens with one attached hydrogen (secondary N) is 2. The molecule has 9 nitrogen and oxygen atoms in total. The lowest BCUT2D eigenvalue weighted by Gasteiger charge is -2.19. The number of aromatic hydroxyl groups is 2. The molecule has 4 aromatic rings. The number of carbonyl (C=O) groups is 2. The van der Waals surface area contributed by atoms with E-state index in [0.717, 1.165) is 5.52 Å². The molecule has 9 heteroatoms. The molecular weight excluding hydrogens is 440 g/mol. The Morgan fingerprint density at radius 3 is 2.62 bits per heavy atom. The molecule has 34 heavy (non-hydrogen) atoms. The van der Waals surface area contributed by atoms with Gasteiger partial charge in [-0.25, -0.2) is 4.79 Å². The Kier molecular flexibility index (Phi) is 6.02. The van der Waals surface area contributed by atoms with E-state index in [1.54, 1.807) is 32.2 Å². The lowest BCUT2D eigenvalue weighted by molar-refractivity contribution is -0.308. The van der Waals surface area contributed by atoms with Gasteiger partial charge in [-0.05, 0) is 61.7 Å². The van der Waals surface area contributed by atoms with Gasteiger partial charge in [0.1, 0.15) is 17.1 Å². The first-order chi connectivity index (χ1) is 16.2. The molecule has 0 aliphatic rings. The summed E-state index contributed by atoms with van der Waals surface area (Å²) in [6, 6.07) is 6.55. The Hall–Kier alpha value is -4.27. The van der Waals surface area contributed by atoms with Crippen molar-refractivity contribution in [3.05, 3.63) is 69.2 Å². The summed E-state index contributed by atoms with van der Waals surface area (Å²) in [4.78, 5) is 39.7. The number of carboxylic acid groups (broad SMARTS) is 1. The second-order valence-corrected chi connectivity index (χ2v) is 8.27. The Morgan fingerprint density at radius 2 is 1.88 bits per heavy atom. The molecule has 0 saturated heterocycles. The average Bonchev–Trinajstić information content (AvgIpc) is 3.17. The van der Waals surface area contributed by atoms with Crippen molar-refractivity contribution in [2.45, 2.75) is 39.2 Å². The molecule has 2 aromatic carbocycles. The van der Waals surface area contributed by atoms with E-state index in [1.807, 2.05) is 0 Å². The molecule has 0 spiro atoms. The highest BCUT2D eigenvalue weighted by Gasteiger charge is 2.19. The molecule has 4 rings (SSSR count). The number of hydrogen-bond acceptors (Lipinski definition) is 7. The van der Waals surface area contributed by atoms with Gasteiger partial charge >= 0.3 is 5.63 Å². The molecule has 2 aromatic heterocycles. The minimum absolute atomic E-state index is 0.0147. The normalized spacial score (nSPS) is 12.2. The average molecular weight is 463 g/mol. The number of benzene rings is 2. The third-order valence-corrected chi connectivity index (χ3v) is 6.07. The molecule has 0 aliphatic carbocycles. The lowest BCUT2D eigenvalue weighted by Crippen LogP contribution is -2.49. The van der Waals surface area contributed by atoms with Crippen molar-refractivity contribution in [2.75, 3.05) is 0 Å². The summed E-state index contributed by atoms with van der Waals surface area (Å²) in [5, 5.41) is 35.0. The SMILES string of the molecule is Cc1c(CCC(=O)N[C@H](Cc2c[nH]c3ccc(O)cc23)C(=O)[O-])c(=O)oc2c(C)c(O)ccc12. The summed E-state index contributed by atoms with van der Waals surface area (Å²) in [6.07, 6.45) is 1.50. The molecule has 1 atom stereocenters. The monoisotopic (exact) mass is 463 g/mol. The van der Waals surface area contributed by atoms with Gasteiger partial charge in [0.2, 0.25) is 5.91 Å². The summed E-state index contributed by atoms with van der Waals surface area (Å²) < 4.78 is 5.38. The number of aliphatic carboxylic acids is 1. The number of aryl methyl sites for hydroxylation is 2. The van der Waals surface area contributed by atoms with Crippen LogP contribution in [0.2, 0.25) is 0 Å². The van der Waals surface area contributed by atoms with Crippen molar-refractivity contribution in [3.63, 3.8) is 0 Å². The number of aromatic amines is 1. The Bertz CT molecular complexity index is 1480. The quantitative estimate of drug-likeness (QED) is 0.304. The summed E-state index contributed by atoms with van der Waals surface area (Å²) in [5.74, 6) is -1.95. The fraction of sp³-hybridized carbons (Fsp3) is 0.240. The Balaban J connectivity index is 1.49. The van der Waals surface area contributed by atoms with Crippen molar-refractivity contribution < 1.29 is 29.3 Å². The lowest BCUT2D eigenvalue weighted by atomic mass is 10.00. The first kappa shape index (κ1) is 22.9. The zero-order valence-electron chi connectivity index (χ0n) is 18.6. The number of carboxylic acids is 1. The Labute approximate surface area is 193 Å². The summed E-state index contributed by atoms with van der Waals surface area (Å²) in [5.41, 5.74) is 2.40. The smallest absolute Gasteiger partial charge is 0.339 e. The highest BCUT2D eigenvalue weighted by Crippen LogP contribution is 2.29. The van der Waals surface area contributed by atoms with Gasteiger partial charge in [0.05, 0.1) is 12.0 Å². The van der Waals surface area contributed by atoms with Crippen molar-refractivity contribution in [2.24, 2.45) is 0 Å². The zero-order chi connectivity index (χ0) is 24.6. The number of phenols is 2. The van der Waals surface area contributed by atoms with Gasteiger partial charge in [-0.3, -0.25) is 4.79 Å². The predicted octanol–water partition coefficient (Wildman–Crippen LogP) is 1.71. The van der Waals surface area contributed by atoms with Crippen molar-refractivity contribution in [3.8, 4) is 11.5 Å². The highest BCUT2D eigenvalue weighted by molar-refractivity contribution is 5.88. The molecule has 176 valence electrons. The van der Waals surface area contributed by atoms with E-state index < -0.39 is 23.5 Å². The van der Waals surface area contributed by atoms with Gasteiger partial charge in [-0.15, -0.1) is 0 Å². The van der Waals surface area contributed by atoms with Gasteiger partial charge in [0.25, 0.3) is 0 Å². The van der Waals surface area contributed by atoms with Crippen LogP contribution in [0.3, 0.4) is 0 Å². The van der Waals surface area contributed by atoms with E-state index in [2.05, 4.69) is 10.3 Å². The van der Waals surface area contributed by atoms with Gasteiger partial charge in [-0.1, -0.05) is 0 Å². The topological polar surface area (TPSA) is 156 Å². The van der Waals surface area contributed by atoms with Crippen LogP contribution in [0.4, 0.5) is 0 Å². The number of H-pyrrole nitrogens is 1. The number of rotatable bonds is 7. The first-order valence-electron chi connectivity index (χ1n) is 10.7. The van der Waals surface area contributed by atoms with Gasteiger partial charge in [0, 0.05) is 46.5 Å². The molecular formula is C25H23N2O7-. The van der Waals surface area contributed by atoms with Crippen LogP contribution in [0.15, 0.2) is 45.7 Å². The molecule has 0 radical (unpaired) electrons. The number of carbonyl (C=O) groups excluding carboxylic acids is 2. The number of fused-ring (bicyclic) bond motifs is 2. The Morgan fingerprint density at radius 1 is 1.12 bits per heavy atom. The van der Waals surface area contributed by atoms with E-state index >= 15 is 0 Å². The van der Waals surface area contributed by atoms with Crippen LogP contribution in [0.1, 0.15) is 28.7 Å². The third kappa shape index (κ3) is 4.32. The minimum Gasteiger partial charge on any atom is -0.548 e. The van der Waals surface area contributed by atoms with E-state index in [0.29, 0.717) is 33.0 Å². The fourth-order valence-electron chi connectivity index (χ4n) is 4.12. The van der Waals surface area contributed by atoms with Gasteiger partial charge in [-0.2, -0.15) is 0 Å². The molecule has 2 heterocycles. The largest absolute Gasteiger partial charge is 0.548 e. The fourth-order valence-corrected chi connectivity index (χ4v) is 4.12. The summed E-state index contributed by atoms with van der Waals surface area (Å²) >= 11 is 0. The summed E-state index contributed by atoms with van der Waals surface area (Å²) in [6.45, 7) is 3.38. The second-order valence-electron chi connectivity index (χ2n) is 8.27. The maximum absolute atomic E-state index is 12.5. The van der Waals surface area contributed by atoms with Crippen LogP contribution < -0.4 is 16.0 Å². The maximum atomic E-state index is 12.5. The molecule has 0 aliphatic heterocycles. The minimum atomic E-state index is -1.44. The zero-order valence-corrected chi connectivity index (χ0v) is 18.6. The van der Waals surface area contributed by atoms with Crippen LogP contribution >= 0.6 is 0 Å². The molecule has 0 saturated carbocycles. The molecule has 0 unspecified atom stereocenters. The van der Waals surface area contributed by atoms with Crippen LogP contribution in [-0.4, -0.2) is 33.1 Å². The predicted molar refractivity (Wildman–Crippen MR) is 123 cm³/mol. The summed E-state index contributed by atoms with van der Waals surface area (Å²) in [7, 11) is 0. The van der Waals surface area contributed by atoms with E-state index in [-0.39, 0.29) is 36.3 Å². The number of aromatic nitrogens is 1. The standard InChI is InChI=1S/C25H24N2O7/c1-12-16-4-7-21(29)13(2)23(16)34-25(33)17(12)5-8-22(30)27-20(24(31)32)9-14-11-26-19-6-3-15(28)10-18(14)19/h3-4,6-7,10-11,20,26,28-29H,5,8-9H2,1-2H3,(H,27,30)(H,31,32)/p-1/t20-/m1/s1. The van der Waals surface area contributed by atoms with Crippen LogP contribution in [0, 0.1) is 13.8 Å². The highest BCUT2D eigenvalue weighted by atomic mass is 16.4. The van der Waals surface area contributed by atoms with E-state index in [1.165, 1.54) is 18.2 Å². The molecule has 0 fully saturated rings. The van der Waals surface area contributed by atoms with E-state index in [4.69, 9.17) is 4.42 Å². The van der Waals surface area contributed by atoms with Crippen molar-refractivity contribution in [1.29, 1.82) is 0 Å².